The molecular formula is C22H22N2O7. The normalized spacial score (nSPS) is 13.4. The van der Waals surface area contributed by atoms with Crippen LogP contribution >= 0.6 is 0 Å². The molecule has 0 aliphatic carbocycles. The number of methoxy groups -OCH3 is 2. The van der Waals surface area contributed by atoms with Gasteiger partial charge in [0.25, 0.3) is 0 Å². The number of amides is 1. The summed E-state index contributed by atoms with van der Waals surface area (Å²) < 4.78 is 20.3. The van der Waals surface area contributed by atoms with Gasteiger partial charge in [0, 0.05) is 11.4 Å². The summed E-state index contributed by atoms with van der Waals surface area (Å²) >= 11 is 0. The second-order valence-electron chi connectivity index (χ2n) is 6.45. The van der Waals surface area contributed by atoms with Gasteiger partial charge in [0.15, 0.2) is 0 Å². The van der Waals surface area contributed by atoms with Crippen LogP contribution in [-0.2, 0) is 35.1 Å². The van der Waals surface area contributed by atoms with Gasteiger partial charge >= 0.3 is 18.0 Å². The summed E-state index contributed by atoms with van der Waals surface area (Å²) in [5.74, 6) is -1.40. The van der Waals surface area contributed by atoms with E-state index < -0.39 is 18.0 Å². The summed E-state index contributed by atoms with van der Waals surface area (Å²) in [7, 11) is 2.44. The van der Waals surface area contributed by atoms with Crippen molar-refractivity contribution in [3.63, 3.8) is 0 Å². The number of ether oxygens (including phenoxy) is 4. The molecular weight excluding hydrogens is 404 g/mol. The zero-order chi connectivity index (χ0) is 22.2. The molecule has 0 unspecified atom stereocenters. The van der Waals surface area contributed by atoms with Crippen LogP contribution in [0.3, 0.4) is 0 Å². The van der Waals surface area contributed by atoms with Crippen LogP contribution in [0.25, 0.3) is 0 Å². The van der Waals surface area contributed by atoms with Crippen LogP contribution in [0.1, 0.15) is 5.56 Å². The van der Waals surface area contributed by atoms with Crippen molar-refractivity contribution < 1.29 is 33.3 Å². The van der Waals surface area contributed by atoms with Gasteiger partial charge in [-0.25, -0.2) is 14.4 Å². The predicted molar refractivity (Wildman–Crippen MR) is 111 cm³/mol. The van der Waals surface area contributed by atoms with Gasteiger partial charge in [-0.2, -0.15) is 0 Å². The van der Waals surface area contributed by atoms with Crippen LogP contribution < -0.4 is 10.2 Å². The average Bonchev–Trinajstić information content (AvgIpc) is 2.82. The SMILES string of the molecule is COC(=O)C1=C(C(=O)OC)N(c2cccc(NC(=O)OCc3ccccc3)c2)COC1. The maximum Gasteiger partial charge on any atom is 0.411 e. The Bertz CT molecular complexity index is 988. The molecule has 2 aromatic rings. The second kappa shape index (κ2) is 10.3. The number of esters is 2. The highest BCUT2D eigenvalue weighted by Gasteiger charge is 2.32. The molecule has 0 radical (unpaired) electrons. The fraction of sp³-hybridized carbons (Fsp3) is 0.227. The van der Waals surface area contributed by atoms with Crippen molar-refractivity contribution in [1.82, 2.24) is 0 Å². The van der Waals surface area contributed by atoms with E-state index in [1.807, 2.05) is 30.3 Å². The molecule has 1 heterocycles. The zero-order valence-electron chi connectivity index (χ0n) is 17.1. The third-order valence-corrected chi connectivity index (χ3v) is 4.45. The number of carbonyl (C=O) groups is 3. The molecule has 0 aromatic heterocycles. The summed E-state index contributed by atoms with van der Waals surface area (Å²) in [5, 5.41) is 2.64. The van der Waals surface area contributed by atoms with Crippen LogP contribution in [0.15, 0.2) is 65.9 Å². The molecule has 1 aliphatic heterocycles. The molecule has 2 aromatic carbocycles. The first kappa shape index (κ1) is 21.8. The minimum absolute atomic E-state index is 0.00678. The number of nitrogens with one attached hydrogen (secondary N) is 1. The number of anilines is 2. The highest BCUT2D eigenvalue weighted by Crippen LogP contribution is 2.28. The van der Waals surface area contributed by atoms with Crippen molar-refractivity contribution in [2.75, 3.05) is 37.8 Å². The highest BCUT2D eigenvalue weighted by atomic mass is 16.6. The summed E-state index contributed by atoms with van der Waals surface area (Å²) in [4.78, 5) is 38.1. The van der Waals surface area contributed by atoms with Crippen molar-refractivity contribution in [2.45, 2.75) is 6.61 Å². The predicted octanol–water partition coefficient (Wildman–Crippen LogP) is 2.83. The quantitative estimate of drug-likeness (QED) is 0.556. The summed E-state index contributed by atoms with van der Waals surface area (Å²) in [6, 6.07) is 16.0. The lowest BCUT2D eigenvalue weighted by atomic mass is 10.1. The van der Waals surface area contributed by atoms with E-state index in [-0.39, 0.29) is 31.2 Å². The van der Waals surface area contributed by atoms with E-state index in [1.54, 1.807) is 24.3 Å². The van der Waals surface area contributed by atoms with Crippen molar-refractivity contribution >= 4 is 29.4 Å². The van der Waals surface area contributed by atoms with Gasteiger partial charge in [0.05, 0.1) is 26.4 Å². The van der Waals surface area contributed by atoms with Gasteiger partial charge in [-0.15, -0.1) is 0 Å². The Labute approximate surface area is 179 Å². The number of nitrogens with zero attached hydrogens (tertiary/aromatic N) is 1. The first-order valence-corrected chi connectivity index (χ1v) is 9.36. The van der Waals surface area contributed by atoms with E-state index in [2.05, 4.69) is 5.32 Å². The zero-order valence-corrected chi connectivity index (χ0v) is 17.1. The molecule has 9 nitrogen and oxygen atoms in total. The molecule has 1 amide bonds. The topological polar surface area (TPSA) is 103 Å². The van der Waals surface area contributed by atoms with Crippen molar-refractivity contribution in [2.24, 2.45) is 0 Å². The van der Waals surface area contributed by atoms with Gasteiger partial charge in [0.2, 0.25) is 0 Å². The Balaban J connectivity index is 1.78. The molecule has 0 spiro atoms. The Kier molecular flexibility index (Phi) is 7.23. The molecule has 0 saturated carbocycles. The van der Waals surface area contributed by atoms with Gasteiger partial charge in [-0.1, -0.05) is 36.4 Å². The monoisotopic (exact) mass is 426 g/mol. The fourth-order valence-corrected chi connectivity index (χ4v) is 2.98. The largest absolute Gasteiger partial charge is 0.466 e. The van der Waals surface area contributed by atoms with Crippen LogP contribution in [0, 0.1) is 0 Å². The van der Waals surface area contributed by atoms with E-state index in [0.29, 0.717) is 11.4 Å². The number of rotatable bonds is 6. The van der Waals surface area contributed by atoms with E-state index in [4.69, 9.17) is 18.9 Å². The molecule has 1 aliphatic rings. The number of hydrogen-bond acceptors (Lipinski definition) is 8. The molecule has 0 atom stereocenters. The minimum atomic E-state index is -0.704. The van der Waals surface area contributed by atoms with E-state index in [1.165, 1.54) is 19.1 Å². The molecule has 0 fully saturated rings. The van der Waals surface area contributed by atoms with Gasteiger partial charge < -0.3 is 23.8 Å². The summed E-state index contributed by atoms with van der Waals surface area (Å²) in [6.45, 7) is 0.0498. The highest BCUT2D eigenvalue weighted by molar-refractivity contribution is 6.03. The first-order chi connectivity index (χ1) is 15.0. The third-order valence-electron chi connectivity index (χ3n) is 4.45. The van der Waals surface area contributed by atoms with Crippen LogP contribution in [0.5, 0.6) is 0 Å². The van der Waals surface area contributed by atoms with Crippen molar-refractivity contribution in [1.29, 1.82) is 0 Å². The van der Waals surface area contributed by atoms with Gasteiger partial charge in [-0.05, 0) is 23.8 Å². The number of carbonyl (C=O) groups excluding carboxylic acids is 3. The smallest absolute Gasteiger partial charge is 0.411 e. The van der Waals surface area contributed by atoms with Crippen LogP contribution in [0.4, 0.5) is 16.2 Å². The van der Waals surface area contributed by atoms with E-state index >= 15 is 0 Å². The molecule has 3 rings (SSSR count). The van der Waals surface area contributed by atoms with E-state index in [9.17, 15) is 14.4 Å². The Morgan fingerprint density at radius 3 is 2.45 bits per heavy atom. The molecule has 1 N–H and O–H groups in total. The van der Waals surface area contributed by atoms with Gasteiger partial charge in [0.1, 0.15) is 19.0 Å². The Hall–Kier alpha value is -3.85. The Morgan fingerprint density at radius 2 is 1.74 bits per heavy atom. The molecule has 9 heteroatoms. The molecule has 0 bridgehead atoms. The van der Waals surface area contributed by atoms with Crippen LogP contribution in [-0.4, -0.2) is 45.6 Å². The number of hydrogen-bond donors (Lipinski definition) is 1. The molecule has 162 valence electrons. The number of benzene rings is 2. The van der Waals surface area contributed by atoms with Crippen LogP contribution in [0.2, 0.25) is 0 Å². The lowest BCUT2D eigenvalue weighted by molar-refractivity contribution is -0.140. The minimum Gasteiger partial charge on any atom is -0.466 e. The molecule has 0 saturated heterocycles. The summed E-state index contributed by atoms with van der Waals surface area (Å²) in [5.41, 5.74) is 1.86. The standard InChI is InChI=1S/C22H22N2O7/c1-28-20(25)18-13-30-14-24(19(18)21(26)29-2)17-10-6-9-16(11-17)23-22(27)31-12-15-7-4-3-5-8-15/h3-11H,12-14H2,1-2H3,(H,23,27). The van der Waals surface area contributed by atoms with E-state index in [0.717, 1.165) is 5.56 Å². The summed E-state index contributed by atoms with van der Waals surface area (Å²) in [6.07, 6.45) is -0.630. The lowest BCUT2D eigenvalue weighted by Crippen LogP contribution is -2.38. The first-order valence-electron chi connectivity index (χ1n) is 9.36. The third kappa shape index (κ3) is 5.40. The average molecular weight is 426 g/mol. The van der Waals surface area contributed by atoms with Crippen molar-refractivity contribution in [3.05, 3.63) is 71.4 Å². The van der Waals surface area contributed by atoms with Crippen molar-refractivity contribution in [3.8, 4) is 0 Å². The maximum atomic E-state index is 12.4. The maximum absolute atomic E-state index is 12.4. The Morgan fingerprint density at radius 1 is 1.00 bits per heavy atom. The lowest BCUT2D eigenvalue weighted by Gasteiger charge is -2.31. The molecule has 31 heavy (non-hydrogen) atoms. The fourth-order valence-electron chi connectivity index (χ4n) is 2.98. The second-order valence-corrected chi connectivity index (χ2v) is 6.45. The van der Waals surface area contributed by atoms with Gasteiger partial charge in [-0.3, -0.25) is 5.32 Å².